The minimum Gasteiger partial charge on any atom is -0.497 e. The Hall–Kier alpha value is -3.90. The minimum atomic E-state index is 0.677. The van der Waals surface area contributed by atoms with Crippen molar-refractivity contribution >= 4 is 33.2 Å². The topological polar surface area (TPSA) is 55.2 Å². The van der Waals surface area contributed by atoms with Crippen LogP contribution in [0.25, 0.3) is 11.1 Å². The average Bonchev–Trinajstić information content (AvgIpc) is 3.08. The van der Waals surface area contributed by atoms with Gasteiger partial charge in [0.25, 0.3) is 0 Å². The van der Waals surface area contributed by atoms with Crippen LogP contribution in [0, 0.1) is 0 Å². The first-order valence-corrected chi connectivity index (χ1v) is 11.6. The molecule has 6 heteroatoms. The molecule has 0 saturated heterocycles. The van der Waals surface area contributed by atoms with Crippen molar-refractivity contribution in [3.05, 3.63) is 112 Å². The second-order valence-electron chi connectivity index (χ2n) is 7.73. The average molecular weight is 512 g/mol. The van der Waals surface area contributed by atoms with Crippen molar-refractivity contribution in [3.63, 3.8) is 0 Å². The SMILES string of the molecule is COc1ccc(C2=Nc3ccc(Br)cc3C(c3ccc(-c4ccc(OC)cc4)cc3)=NN2)cc1. The smallest absolute Gasteiger partial charge is 0.154 e. The number of nitrogens with zero attached hydrogens (tertiary/aromatic N) is 2. The molecule has 1 N–H and O–H groups in total. The Morgan fingerprint density at radius 3 is 1.76 bits per heavy atom. The lowest BCUT2D eigenvalue weighted by atomic mass is 9.98. The first-order chi connectivity index (χ1) is 16.6. The summed E-state index contributed by atoms with van der Waals surface area (Å²) >= 11 is 3.60. The maximum absolute atomic E-state index is 5.28. The zero-order valence-corrected chi connectivity index (χ0v) is 20.3. The van der Waals surface area contributed by atoms with Crippen LogP contribution >= 0.6 is 15.9 Å². The fourth-order valence-electron chi connectivity index (χ4n) is 3.81. The predicted octanol–water partition coefficient (Wildman–Crippen LogP) is 6.57. The Labute approximate surface area is 206 Å². The van der Waals surface area contributed by atoms with E-state index in [0.29, 0.717) is 5.84 Å². The van der Waals surface area contributed by atoms with Crippen molar-refractivity contribution in [2.45, 2.75) is 0 Å². The summed E-state index contributed by atoms with van der Waals surface area (Å²) in [7, 11) is 3.33. The molecule has 0 saturated carbocycles. The molecule has 1 aliphatic rings. The van der Waals surface area contributed by atoms with Crippen molar-refractivity contribution in [2.75, 3.05) is 14.2 Å². The molecule has 0 radical (unpaired) electrons. The number of ether oxygens (including phenoxy) is 2. The predicted molar refractivity (Wildman–Crippen MR) is 141 cm³/mol. The lowest BCUT2D eigenvalue weighted by molar-refractivity contribution is 0.414. The lowest BCUT2D eigenvalue weighted by Crippen LogP contribution is -2.19. The molecule has 0 aromatic heterocycles. The van der Waals surface area contributed by atoms with E-state index in [1.54, 1.807) is 14.2 Å². The lowest BCUT2D eigenvalue weighted by Gasteiger charge is -2.10. The van der Waals surface area contributed by atoms with Crippen LogP contribution in [0.3, 0.4) is 0 Å². The molecule has 0 spiro atoms. The molecule has 4 aromatic rings. The first kappa shape index (κ1) is 21.9. The minimum absolute atomic E-state index is 0.677. The van der Waals surface area contributed by atoms with Gasteiger partial charge in [-0.05, 0) is 65.7 Å². The van der Waals surface area contributed by atoms with Gasteiger partial charge in [-0.25, -0.2) is 4.99 Å². The highest BCUT2D eigenvalue weighted by atomic mass is 79.9. The Bertz CT molecular complexity index is 1380. The fraction of sp³-hybridized carbons (Fsp3) is 0.0714. The van der Waals surface area contributed by atoms with Gasteiger partial charge in [0, 0.05) is 21.2 Å². The van der Waals surface area contributed by atoms with Gasteiger partial charge in [-0.2, -0.15) is 5.10 Å². The van der Waals surface area contributed by atoms with Crippen LogP contribution in [-0.4, -0.2) is 25.8 Å². The summed E-state index contributed by atoms with van der Waals surface area (Å²) in [5, 5.41) is 4.77. The van der Waals surface area contributed by atoms with Gasteiger partial charge in [-0.1, -0.05) is 52.3 Å². The van der Waals surface area contributed by atoms with Gasteiger partial charge >= 0.3 is 0 Å². The fourth-order valence-corrected chi connectivity index (χ4v) is 4.17. The summed E-state index contributed by atoms with van der Waals surface area (Å²) in [6.07, 6.45) is 0. The van der Waals surface area contributed by atoms with E-state index < -0.39 is 0 Å². The maximum Gasteiger partial charge on any atom is 0.154 e. The molecule has 0 amide bonds. The largest absolute Gasteiger partial charge is 0.497 e. The number of halogens is 1. The van der Waals surface area contributed by atoms with Gasteiger partial charge in [0.1, 0.15) is 17.2 Å². The summed E-state index contributed by atoms with van der Waals surface area (Å²) in [5.74, 6) is 2.31. The van der Waals surface area contributed by atoms with Gasteiger partial charge in [0.05, 0.1) is 19.9 Å². The molecule has 168 valence electrons. The number of fused-ring (bicyclic) bond motifs is 1. The van der Waals surface area contributed by atoms with Crippen LogP contribution in [-0.2, 0) is 0 Å². The zero-order chi connectivity index (χ0) is 23.5. The normalized spacial score (nSPS) is 12.6. The number of rotatable bonds is 5. The molecule has 0 aliphatic carbocycles. The van der Waals surface area contributed by atoms with Gasteiger partial charge in [-0.15, -0.1) is 0 Å². The highest BCUT2D eigenvalue weighted by Gasteiger charge is 2.18. The Morgan fingerprint density at radius 2 is 1.18 bits per heavy atom. The molecule has 0 atom stereocenters. The van der Waals surface area contributed by atoms with E-state index in [9.17, 15) is 0 Å². The molecular formula is C28H22BrN3O2. The number of hydrogen-bond donors (Lipinski definition) is 1. The quantitative estimate of drug-likeness (QED) is 0.329. The third-order valence-corrected chi connectivity index (χ3v) is 6.16. The van der Waals surface area contributed by atoms with Gasteiger partial charge in [0.15, 0.2) is 5.84 Å². The molecule has 0 unspecified atom stereocenters. The third-order valence-electron chi connectivity index (χ3n) is 5.66. The molecule has 1 aliphatic heterocycles. The number of amidine groups is 1. The summed E-state index contributed by atoms with van der Waals surface area (Å²) in [6.45, 7) is 0. The van der Waals surface area contributed by atoms with Crippen molar-refractivity contribution in [3.8, 4) is 22.6 Å². The van der Waals surface area contributed by atoms with Crippen molar-refractivity contribution in [1.29, 1.82) is 0 Å². The monoisotopic (exact) mass is 511 g/mol. The van der Waals surface area contributed by atoms with Gasteiger partial charge in [0.2, 0.25) is 0 Å². The number of benzene rings is 4. The maximum atomic E-state index is 5.28. The molecule has 0 fully saturated rings. The van der Waals surface area contributed by atoms with Gasteiger partial charge < -0.3 is 9.47 Å². The molecule has 1 heterocycles. The second kappa shape index (κ2) is 9.53. The summed E-state index contributed by atoms with van der Waals surface area (Å²) in [5.41, 5.74) is 9.96. The molecular weight excluding hydrogens is 490 g/mol. The standard InChI is InChI=1S/C28H22BrN3O2/c1-33-23-12-7-19(8-13-23)18-3-5-20(6-4-18)27-25-17-22(29)11-16-26(25)30-28(32-31-27)21-9-14-24(34-2)15-10-21/h3-17H,1-2H3,(H,30,32). The highest BCUT2D eigenvalue weighted by Crippen LogP contribution is 2.30. The molecule has 5 nitrogen and oxygen atoms in total. The Morgan fingerprint density at radius 1 is 0.647 bits per heavy atom. The Kier molecular flexibility index (Phi) is 6.14. The van der Waals surface area contributed by atoms with Crippen molar-refractivity contribution in [1.82, 2.24) is 5.43 Å². The van der Waals surface area contributed by atoms with Crippen molar-refractivity contribution in [2.24, 2.45) is 10.1 Å². The van der Waals surface area contributed by atoms with Crippen LogP contribution in [0.1, 0.15) is 16.7 Å². The summed E-state index contributed by atoms with van der Waals surface area (Å²) < 4.78 is 11.5. The summed E-state index contributed by atoms with van der Waals surface area (Å²) in [4.78, 5) is 4.88. The van der Waals surface area contributed by atoms with E-state index in [2.05, 4.69) is 57.8 Å². The van der Waals surface area contributed by atoms with E-state index in [1.165, 1.54) is 0 Å². The zero-order valence-electron chi connectivity index (χ0n) is 18.7. The van der Waals surface area contributed by atoms with Crippen molar-refractivity contribution < 1.29 is 9.47 Å². The van der Waals surface area contributed by atoms with Crippen LogP contribution in [0.2, 0.25) is 0 Å². The number of methoxy groups -OCH3 is 2. The molecule has 0 bridgehead atoms. The third kappa shape index (κ3) is 4.45. The number of aliphatic imine (C=N–C) groups is 1. The molecule has 4 aromatic carbocycles. The summed E-state index contributed by atoms with van der Waals surface area (Å²) in [6, 6.07) is 30.2. The van der Waals surface area contributed by atoms with E-state index in [0.717, 1.165) is 55.2 Å². The first-order valence-electron chi connectivity index (χ1n) is 10.8. The number of hydrogen-bond acceptors (Lipinski definition) is 5. The van der Waals surface area contributed by atoms with E-state index in [4.69, 9.17) is 19.6 Å². The van der Waals surface area contributed by atoms with Crippen LogP contribution < -0.4 is 14.9 Å². The van der Waals surface area contributed by atoms with Gasteiger partial charge in [-0.3, -0.25) is 5.43 Å². The van der Waals surface area contributed by atoms with E-state index in [1.807, 2.05) is 54.6 Å². The Balaban J connectivity index is 1.51. The molecule has 34 heavy (non-hydrogen) atoms. The molecule has 5 rings (SSSR count). The highest BCUT2D eigenvalue weighted by molar-refractivity contribution is 9.10. The van der Waals surface area contributed by atoms with Crippen LogP contribution in [0.15, 0.2) is 106 Å². The second-order valence-corrected chi connectivity index (χ2v) is 8.64. The van der Waals surface area contributed by atoms with Crippen LogP contribution in [0.4, 0.5) is 5.69 Å². The number of nitrogens with one attached hydrogen (secondary N) is 1. The van der Waals surface area contributed by atoms with E-state index in [-0.39, 0.29) is 0 Å². The number of hydrazone groups is 1. The van der Waals surface area contributed by atoms with Crippen LogP contribution in [0.5, 0.6) is 11.5 Å². The van der Waals surface area contributed by atoms with E-state index >= 15 is 0 Å².